The van der Waals surface area contributed by atoms with E-state index in [9.17, 15) is 26.3 Å². The number of aliphatic imine (C=N–C) groups is 2. The maximum atomic E-state index is 14.4. The molecule has 0 amide bonds. The molecule has 0 spiro atoms. The molecule has 5 heterocycles. The van der Waals surface area contributed by atoms with Gasteiger partial charge in [-0.1, -0.05) is 15.8 Å². The average Bonchev–Trinajstić information content (AvgIpc) is 3.45. The zero-order valence-corrected chi connectivity index (χ0v) is 20.0. The van der Waals surface area contributed by atoms with Crippen LogP contribution in [0.25, 0.3) is 21.5 Å². The van der Waals surface area contributed by atoms with Gasteiger partial charge in [-0.15, -0.1) is 0 Å². The first kappa shape index (κ1) is 21.8. The lowest BCUT2D eigenvalue weighted by Gasteiger charge is -2.18. The molecule has 14 heteroatoms. The molecule has 8 rings (SSSR count). The highest BCUT2D eigenvalue weighted by molar-refractivity contribution is 9.24. The summed E-state index contributed by atoms with van der Waals surface area (Å²) in [6, 6.07) is 5.66. The normalized spacial score (nSPS) is 17.1. The van der Waals surface area contributed by atoms with Gasteiger partial charge in [0, 0.05) is 32.7 Å². The van der Waals surface area contributed by atoms with Crippen molar-refractivity contribution in [3.63, 3.8) is 0 Å². The third-order valence-corrected chi connectivity index (χ3v) is 7.63. The summed E-state index contributed by atoms with van der Waals surface area (Å²) in [5, 5.41) is 0.695. The molecule has 0 radical (unpaired) electrons. The standard InChI is InChI=1S/C24H6BBrF6N6/c26-25-37-21-9-3-15(29)17(31)5-11(9)23(37)36-24-12-6-18(32)16(30)4-10(12)22(38(24)25)35-20-8-2-14(28)13(27)1-7(8)19(33-20)34-21/h1-6H/b34-19-,34-21?,35-20?,35-22-. The van der Waals surface area contributed by atoms with Gasteiger partial charge in [-0.2, -0.15) is 0 Å². The number of halogens is 7. The smallest absolute Gasteiger partial charge is 0.323 e. The quantitative estimate of drug-likeness (QED) is 0.183. The highest BCUT2D eigenvalue weighted by atomic mass is 79.9. The zero-order chi connectivity index (χ0) is 26.2. The van der Waals surface area contributed by atoms with Crippen molar-refractivity contribution in [2.45, 2.75) is 0 Å². The van der Waals surface area contributed by atoms with Gasteiger partial charge in [-0.3, -0.25) is 0 Å². The van der Waals surface area contributed by atoms with Gasteiger partial charge in [0.25, 0.3) is 0 Å². The SMILES string of the molecule is Fc1cc2c(cc1F)/C1=N/c3c4cc(F)c(F)cc4c4n3B(Br)n3c(c5cc(F)c(F)cc5/c3=N/C2=N1)=N4. The summed E-state index contributed by atoms with van der Waals surface area (Å²) in [5.74, 6) is -7.59. The molecule has 4 bridgehead atoms. The topological polar surface area (TPSA) is 59.3 Å². The van der Waals surface area contributed by atoms with Crippen LogP contribution in [0.4, 0.5) is 38.0 Å². The molecule has 0 saturated heterocycles. The summed E-state index contributed by atoms with van der Waals surface area (Å²) < 4.78 is 89.2. The van der Waals surface area contributed by atoms with Crippen molar-refractivity contribution in [2.75, 3.05) is 0 Å². The summed E-state index contributed by atoms with van der Waals surface area (Å²) in [6.45, 7) is 0. The van der Waals surface area contributed by atoms with Crippen LogP contribution in [0.15, 0.2) is 56.4 Å². The van der Waals surface area contributed by atoms with Crippen LogP contribution in [0.1, 0.15) is 11.1 Å². The fraction of sp³-hybridized carbons (Fsp3) is 0. The fourth-order valence-corrected chi connectivity index (χ4v) is 5.91. The van der Waals surface area contributed by atoms with E-state index in [0.717, 1.165) is 36.4 Å². The number of amidine groups is 2. The second-order valence-corrected chi connectivity index (χ2v) is 9.69. The van der Waals surface area contributed by atoms with E-state index >= 15 is 0 Å². The summed E-state index contributed by atoms with van der Waals surface area (Å²) in [5.41, 5.74) is 0.453. The van der Waals surface area contributed by atoms with Gasteiger partial charge in [-0.25, -0.2) is 46.3 Å². The molecule has 0 saturated carbocycles. The largest absolute Gasteiger partial charge is 0.469 e. The predicted molar refractivity (Wildman–Crippen MR) is 130 cm³/mol. The van der Waals surface area contributed by atoms with E-state index in [1.165, 1.54) is 8.96 Å². The Morgan fingerprint density at radius 3 is 1.47 bits per heavy atom. The highest BCUT2D eigenvalue weighted by Gasteiger charge is 2.36. The van der Waals surface area contributed by atoms with E-state index in [4.69, 9.17) is 0 Å². The number of nitrogens with zero attached hydrogens (tertiary/aromatic N) is 6. The monoisotopic (exact) mass is 582 g/mol. The summed E-state index contributed by atoms with van der Waals surface area (Å²) in [6.07, 6.45) is 0. The van der Waals surface area contributed by atoms with E-state index in [1.807, 2.05) is 0 Å². The van der Waals surface area contributed by atoms with Crippen LogP contribution in [0, 0.1) is 34.9 Å². The Hall–Kier alpha value is -4.20. The molecule has 2 aromatic heterocycles. The van der Waals surface area contributed by atoms with Crippen molar-refractivity contribution in [2.24, 2.45) is 20.0 Å². The van der Waals surface area contributed by atoms with Crippen LogP contribution in [-0.4, -0.2) is 26.4 Å². The van der Waals surface area contributed by atoms with Crippen LogP contribution < -0.4 is 11.0 Å². The molecule has 3 aromatic carbocycles. The first-order valence-corrected chi connectivity index (χ1v) is 11.9. The molecule has 0 unspecified atom stereocenters. The number of benzene rings is 3. The molecule has 0 fully saturated rings. The van der Waals surface area contributed by atoms with Crippen molar-refractivity contribution in [3.05, 3.63) is 93.4 Å². The number of hydrogen-bond acceptors (Lipinski definition) is 4. The van der Waals surface area contributed by atoms with Crippen LogP contribution in [-0.2, 0) is 0 Å². The Morgan fingerprint density at radius 1 is 0.500 bits per heavy atom. The zero-order valence-electron chi connectivity index (χ0n) is 18.4. The third-order valence-electron chi connectivity index (χ3n) is 6.81. The minimum absolute atomic E-state index is 0.0587. The summed E-state index contributed by atoms with van der Waals surface area (Å²) >= 11 is 3.57. The van der Waals surface area contributed by atoms with Crippen LogP contribution in [0.2, 0.25) is 0 Å². The summed E-state index contributed by atoms with van der Waals surface area (Å²) in [4.78, 5) is 18.1. The van der Waals surface area contributed by atoms with E-state index in [2.05, 4.69) is 35.7 Å². The molecule has 5 aromatic rings. The van der Waals surface area contributed by atoms with Crippen LogP contribution >= 0.6 is 15.8 Å². The number of aromatic nitrogens is 2. The molecule has 0 atom stereocenters. The second-order valence-electron chi connectivity index (χ2n) is 8.88. The van der Waals surface area contributed by atoms with Gasteiger partial charge in [0.2, 0.25) is 0 Å². The van der Waals surface area contributed by atoms with Crippen molar-refractivity contribution in [1.29, 1.82) is 0 Å². The van der Waals surface area contributed by atoms with Crippen molar-refractivity contribution in [3.8, 4) is 0 Å². The van der Waals surface area contributed by atoms with Gasteiger partial charge in [-0.05, 0) is 36.4 Å². The highest BCUT2D eigenvalue weighted by Crippen LogP contribution is 2.42. The molecule has 0 aliphatic carbocycles. The van der Waals surface area contributed by atoms with Crippen LogP contribution in [0.5, 0.6) is 0 Å². The summed E-state index contributed by atoms with van der Waals surface area (Å²) in [7, 11) is 0. The van der Waals surface area contributed by atoms with Gasteiger partial charge in [0.1, 0.15) is 22.6 Å². The Balaban J connectivity index is 1.66. The van der Waals surface area contributed by atoms with E-state index in [-0.39, 0.29) is 67.0 Å². The number of rotatable bonds is 0. The first-order valence-electron chi connectivity index (χ1n) is 11.0. The molecule has 6 nitrogen and oxygen atoms in total. The Labute approximate surface area is 215 Å². The molecule has 3 aliphatic rings. The van der Waals surface area contributed by atoms with Crippen molar-refractivity contribution < 1.29 is 26.3 Å². The van der Waals surface area contributed by atoms with Gasteiger partial charge in [0.05, 0.1) is 0 Å². The predicted octanol–water partition coefficient (Wildman–Crippen LogP) is 4.94. The van der Waals surface area contributed by atoms with Crippen LogP contribution in [0.3, 0.4) is 0 Å². The second kappa shape index (κ2) is 7.01. The Morgan fingerprint density at radius 2 is 0.921 bits per heavy atom. The van der Waals surface area contributed by atoms with Gasteiger partial charge >= 0.3 is 5.81 Å². The average molecular weight is 583 g/mol. The molecular weight excluding hydrogens is 577 g/mol. The fourth-order valence-electron chi connectivity index (χ4n) is 5.14. The molecular formula is C24H6BBrF6N6. The molecule has 184 valence electrons. The maximum Gasteiger partial charge on any atom is 0.469 e. The van der Waals surface area contributed by atoms with E-state index < -0.39 is 40.7 Å². The van der Waals surface area contributed by atoms with Crippen molar-refractivity contribution in [1.82, 2.24) is 8.96 Å². The van der Waals surface area contributed by atoms with Gasteiger partial charge < -0.3 is 8.96 Å². The maximum absolute atomic E-state index is 14.4. The third kappa shape index (κ3) is 2.60. The Kier molecular flexibility index (Phi) is 4.03. The lowest BCUT2D eigenvalue weighted by atomic mass is 10.1. The molecule has 0 N–H and O–H groups in total. The molecule has 38 heavy (non-hydrogen) atoms. The van der Waals surface area contributed by atoms with E-state index in [0.29, 0.717) is 0 Å². The minimum Gasteiger partial charge on any atom is -0.323 e. The Bertz CT molecular complexity index is 2180. The number of fused-ring (bicyclic) bond motifs is 10. The molecule has 3 aliphatic heterocycles. The minimum atomic E-state index is -1.15. The van der Waals surface area contributed by atoms with Gasteiger partial charge in [0.15, 0.2) is 46.6 Å². The number of hydrogen-bond donors (Lipinski definition) is 0. The van der Waals surface area contributed by atoms with E-state index in [1.54, 1.807) is 0 Å². The van der Waals surface area contributed by atoms with Crippen molar-refractivity contribution >= 4 is 66.4 Å². The lowest BCUT2D eigenvalue weighted by molar-refractivity contribution is 0.508. The first-order chi connectivity index (χ1) is 18.2. The lowest BCUT2D eigenvalue weighted by Crippen LogP contribution is -2.44.